The summed E-state index contributed by atoms with van der Waals surface area (Å²) in [5.41, 5.74) is 3.87. The van der Waals surface area contributed by atoms with Crippen molar-refractivity contribution >= 4 is 45.3 Å². The van der Waals surface area contributed by atoms with Crippen LogP contribution in [0.5, 0.6) is 0 Å². The molecule has 0 fully saturated rings. The van der Waals surface area contributed by atoms with Gasteiger partial charge in [0.15, 0.2) is 5.11 Å². The number of aryl methyl sites for hydroxylation is 1. The third-order valence-corrected chi connectivity index (χ3v) is 5.81. The number of ether oxygens (including phenoxy) is 1. The number of benzene rings is 1. The summed E-state index contributed by atoms with van der Waals surface area (Å²) < 4.78 is 5.01. The zero-order chi connectivity index (χ0) is 18.0. The largest absolute Gasteiger partial charge is 0.465 e. The molecule has 1 atom stereocenters. The first-order valence-electron chi connectivity index (χ1n) is 8.35. The van der Waals surface area contributed by atoms with Gasteiger partial charge < -0.3 is 15.4 Å². The molecule has 2 N–H and O–H groups in total. The second-order valence-electron chi connectivity index (χ2n) is 6.49. The van der Waals surface area contributed by atoms with Gasteiger partial charge in [0, 0.05) is 10.6 Å². The lowest BCUT2D eigenvalue weighted by atomic mass is 9.88. The molecule has 2 aromatic rings. The lowest BCUT2D eigenvalue weighted by Gasteiger charge is -2.18. The minimum atomic E-state index is -0.298. The van der Waals surface area contributed by atoms with E-state index in [-0.39, 0.29) is 5.97 Å². The van der Waals surface area contributed by atoms with Crippen molar-refractivity contribution in [2.24, 2.45) is 5.92 Å². The summed E-state index contributed by atoms with van der Waals surface area (Å²) in [5.74, 6) is 0.342. The van der Waals surface area contributed by atoms with Gasteiger partial charge in [-0.3, -0.25) is 0 Å². The lowest BCUT2D eigenvalue weighted by Crippen LogP contribution is -2.20. The summed E-state index contributed by atoms with van der Waals surface area (Å²) in [6.07, 6.45) is 3.01. The van der Waals surface area contributed by atoms with E-state index in [2.05, 4.69) is 17.6 Å². The highest BCUT2D eigenvalue weighted by molar-refractivity contribution is 7.80. The fourth-order valence-electron chi connectivity index (χ4n) is 3.06. The van der Waals surface area contributed by atoms with Crippen LogP contribution in [0.1, 0.15) is 39.7 Å². The van der Waals surface area contributed by atoms with E-state index in [0.717, 1.165) is 35.5 Å². The normalized spacial score (nSPS) is 16.0. The van der Waals surface area contributed by atoms with E-state index in [9.17, 15) is 4.79 Å². The second kappa shape index (κ2) is 7.54. The highest BCUT2D eigenvalue weighted by Crippen LogP contribution is 2.40. The molecule has 0 saturated carbocycles. The first-order valence-corrected chi connectivity index (χ1v) is 9.58. The highest BCUT2D eigenvalue weighted by Gasteiger charge is 2.28. The molecular weight excluding hydrogens is 352 g/mol. The molecule has 6 heteroatoms. The number of fused-ring (bicyclic) bond motifs is 1. The number of carbonyl (C=O) groups is 1. The Bertz CT molecular complexity index is 797. The molecule has 1 aromatic heterocycles. The van der Waals surface area contributed by atoms with Crippen molar-refractivity contribution in [2.75, 3.05) is 17.7 Å². The monoisotopic (exact) mass is 374 g/mol. The van der Waals surface area contributed by atoms with Crippen molar-refractivity contribution < 1.29 is 9.53 Å². The number of thiophene rings is 1. The lowest BCUT2D eigenvalue weighted by molar-refractivity contribution is 0.0601. The minimum absolute atomic E-state index is 0.298. The van der Waals surface area contributed by atoms with Crippen LogP contribution < -0.4 is 10.6 Å². The number of methoxy groups -OCH3 is 1. The maximum atomic E-state index is 12.3. The molecule has 0 aliphatic heterocycles. The first kappa shape index (κ1) is 17.9. The molecule has 132 valence electrons. The Balaban J connectivity index is 1.82. The van der Waals surface area contributed by atoms with Crippen molar-refractivity contribution in [2.45, 2.75) is 33.1 Å². The maximum Gasteiger partial charge on any atom is 0.341 e. The van der Waals surface area contributed by atoms with Gasteiger partial charge in [0.25, 0.3) is 0 Å². The zero-order valence-corrected chi connectivity index (χ0v) is 16.3. The highest BCUT2D eigenvalue weighted by atomic mass is 32.1. The summed E-state index contributed by atoms with van der Waals surface area (Å²) in [6, 6.07) is 8.00. The smallest absolute Gasteiger partial charge is 0.341 e. The SMILES string of the molecule is COC(=O)c1c(NC(=S)Nc2ccc(C)cc2)sc2c1CCC(C)C2. The fourth-order valence-corrected chi connectivity index (χ4v) is 4.75. The number of nitrogens with one attached hydrogen (secondary N) is 2. The van der Waals surface area contributed by atoms with E-state index in [1.54, 1.807) is 11.3 Å². The number of hydrogen-bond donors (Lipinski definition) is 2. The molecular formula is C19H22N2O2S2. The van der Waals surface area contributed by atoms with Gasteiger partial charge in [-0.15, -0.1) is 11.3 Å². The van der Waals surface area contributed by atoms with Crippen molar-refractivity contribution in [1.82, 2.24) is 0 Å². The summed E-state index contributed by atoms with van der Waals surface area (Å²) >= 11 is 7.04. The van der Waals surface area contributed by atoms with Gasteiger partial charge in [0.1, 0.15) is 5.00 Å². The first-order chi connectivity index (χ1) is 12.0. The average Bonchev–Trinajstić information content (AvgIpc) is 2.92. The van der Waals surface area contributed by atoms with Gasteiger partial charge in [-0.2, -0.15) is 0 Å². The number of thiocarbonyl (C=S) groups is 1. The Morgan fingerprint density at radius 3 is 2.68 bits per heavy atom. The van der Waals surface area contributed by atoms with Crippen LogP contribution in [0.2, 0.25) is 0 Å². The standard InChI is InChI=1S/C19H22N2O2S2/c1-11-4-7-13(8-5-11)20-19(24)21-17-16(18(22)23-3)14-9-6-12(2)10-15(14)25-17/h4-5,7-8,12H,6,9-10H2,1-3H3,(H2,20,21,24). The molecule has 0 amide bonds. The Morgan fingerprint density at radius 2 is 2.00 bits per heavy atom. The van der Waals surface area contributed by atoms with Gasteiger partial charge in [-0.05, 0) is 62.0 Å². The number of hydrogen-bond acceptors (Lipinski definition) is 4. The number of rotatable bonds is 3. The van der Waals surface area contributed by atoms with Crippen LogP contribution in [0.4, 0.5) is 10.7 Å². The number of anilines is 2. The van der Waals surface area contributed by atoms with E-state index in [4.69, 9.17) is 17.0 Å². The van der Waals surface area contributed by atoms with Crippen LogP contribution in [-0.4, -0.2) is 18.2 Å². The van der Waals surface area contributed by atoms with Crippen molar-refractivity contribution in [3.63, 3.8) is 0 Å². The molecule has 4 nitrogen and oxygen atoms in total. The number of carbonyl (C=O) groups excluding carboxylic acids is 1. The molecule has 1 unspecified atom stereocenters. The van der Waals surface area contributed by atoms with E-state index in [1.165, 1.54) is 17.6 Å². The number of esters is 1. The van der Waals surface area contributed by atoms with Gasteiger partial charge >= 0.3 is 5.97 Å². The second-order valence-corrected chi connectivity index (χ2v) is 8.01. The van der Waals surface area contributed by atoms with E-state index in [0.29, 0.717) is 16.6 Å². The quantitative estimate of drug-likeness (QED) is 0.598. The molecule has 0 saturated heterocycles. The Hall–Kier alpha value is -1.92. The van der Waals surface area contributed by atoms with Gasteiger partial charge in [0.05, 0.1) is 12.7 Å². The van der Waals surface area contributed by atoms with Crippen LogP contribution in [0.3, 0.4) is 0 Å². The summed E-state index contributed by atoms with van der Waals surface area (Å²) in [7, 11) is 1.42. The molecule has 25 heavy (non-hydrogen) atoms. The van der Waals surface area contributed by atoms with Gasteiger partial charge in [-0.25, -0.2) is 4.79 Å². The maximum absolute atomic E-state index is 12.3. The van der Waals surface area contributed by atoms with E-state index >= 15 is 0 Å². The predicted octanol–water partition coefficient (Wildman–Crippen LogP) is 4.78. The molecule has 0 spiro atoms. The molecule has 1 aliphatic rings. The molecule has 1 aliphatic carbocycles. The van der Waals surface area contributed by atoms with Crippen LogP contribution in [0.25, 0.3) is 0 Å². The van der Waals surface area contributed by atoms with Crippen molar-refractivity contribution in [3.8, 4) is 0 Å². The minimum Gasteiger partial charge on any atom is -0.465 e. The summed E-state index contributed by atoms with van der Waals surface area (Å²) in [5, 5.41) is 7.61. The van der Waals surface area contributed by atoms with Crippen molar-refractivity contribution in [1.29, 1.82) is 0 Å². The molecule has 1 heterocycles. The topological polar surface area (TPSA) is 50.4 Å². The third kappa shape index (κ3) is 4.02. The summed E-state index contributed by atoms with van der Waals surface area (Å²) in [6.45, 7) is 4.29. The third-order valence-electron chi connectivity index (χ3n) is 4.44. The van der Waals surface area contributed by atoms with Crippen LogP contribution in [-0.2, 0) is 17.6 Å². The molecule has 0 bridgehead atoms. The van der Waals surface area contributed by atoms with Crippen LogP contribution in [0, 0.1) is 12.8 Å². The zero-order valence-electron chi connectivity index (χ0n) is 14.6. The molecule has 0 radical (unpaired) electrons. The van der Waals surface area contributed by atoms with E-state index < -0.39 is 0 Å². The van der Waals surface area contributed by atoms with Crippen LogP contribution >= 0.6 is 23.6 Å². The average molecular weight is 375 g/mol. The molecule has 1 aromatic carbocycles. The Morgan fingerprint density at radius 1 is 1.28 bits per heavy atom. The predicted molar refractivity (Wildman–Crippen MR) is 108 cm³/mol. The van der Waals surface area contributed by atoms with E-state index in [1.807, 2.05) is 31.2 Å². The Labute approximate surface area is 157 Å². The van der Waals surface area contributed by atoms with Crippen LogP contribution in [0.15, 0.2) is 24.3 Å². The van der Waals surface area contributed by atoms with Crippen molar-refractivity contribution in [3.05, 3.63) is 45.8 Å². The van der Waals surface area contributed by atoms with Gasteiger partial charge in [-0.1, -0.05) is 24.6 Å². The van der Waals surface area contributed by atoms with Gasteiger partial charge in [0.2, 0.25) is 0 Å². The summed E-state index contributed by atoms with van der Waals surface area (Å²) in [4.78, 5) is 13.6. The fraction of sp³-hybridized carbons (Fsp3) is 0.368. The molecule has 3 rings (SSSR count). The Kier molecular flexibility index (Phi) is 5.39.